The predicted octanol–water partition coefficient (Wildman–Crippen LogP) is 4.57. The number of piperidine rings is 1. The first-order valence-electron chi connectivity index (χ1n) is 9.93. The van der Waals surface area contributed by atoms with E-state index in [4.69, 9.17) is 0 Å². The number of sulfonamides is 1. The topological polar surface area (TPSA) is 79.4 Å². The van der Waals surface area contributed by atoms with E-state index in [0.29, 0.717) is 36.0 Å². The van der Waals surface area contributed by atoms with Crippen LogP contribution >= 0.6 is 23.1 Å². The quantitative estimate of drug-likeness (QED) is 0.531. The molecule has 0 atom stereocenters. The van der Waals surface area contributed by atoms with Gasteiger partial charge in [0.2, 0.25) is 15.9 Å². The Bertz CT molecular complexity index is 1140. The maximum absolute atomic E-state index is 12.9. The van der Waals surface area contributed by atoms with Crippen LogP contribution in [0.3, 0.4) is 0 Å². The van der Waals surface area contributed by atoms with E-state index < -0.39 is 10.0 Å². The average molecular weight is 474 g/mol. The van der Waals surface area contributed by atoms with Gasteiger partial charge >= 0.3 is 0 Å². The monoisotopic (exact) mass is 473 g/mol. The van der Waals surface area contributed by atoms with Crippen molar-refractivity contribution in [2.24, 2.45) is 5.92 Å². The second-order valence-electron chi connectivity index (χ2n) is 7.25. The SMILES string of the molecule is CSc1ccc(S(=O)(=O)N2CCC(C(=O)Nc3nc(-c4ccccc4)cs3)CC2)cc1. The third-order valence-electron chi connectivity index (χ3n) is 5.33. The molecule has 0 radical (unpaired) electrons. The summed E-state index contributed by atoms with van der Waals surface area (Å²) in [4.78, 5) is 18.5. The van der Waals surface area contributed by atoms with Gasteiger partial charge in [-0.15, -0.1) is 23.1 Å². The van der Waals surface area contributed by atoms with Gasteiger partial charge in [-0.25, -0.2) is 13.4 Å². The van der Waals surface area contributed by atoms with Gasteiger partial charge in [0.1, 0.15) is 0 Å². The molecular formula is C22H23N3O3S3. The zero-order valence-electron chi connectivity index (χ0n) is 17.0. The summed E-state index contributed by atoms with van der Waals surface area (Å²) in [7, 11) is -3.54. The Morgan fingerprint density at radius 2 is 1.77 bits per heavy atom. The summed E-state index contributed by atoms with van der Waals surface area (Å²) >= 11 is 2.96. The number of rotatable bonds is 6. The summed E-state index contributed by atoms with van der Waals surface area (Å²) in [5, 5.41) is 5.38. The van der Waals surface area contributed by atoms with Crippen molar-refractivity contribution in [3.63, 3.8) is 0 Å². The first kappa shape index (κ1) is 22.0. The first-order chi connectivity index (χ1) is 15.0. The number of anilines is 1. The summed E-state index contributed by atoms with van der Waals surface area (Å²) in [6.45, 7) is 0.662. The fourth-order valence-electron chi connectivity index (χ4n) is 3.54. The van der Waals surface area contributed by atoms with Crippen molar-refractivity contribution in [2.45, 2.75) is 22.6 Å². The molecule has 31 heavy (non-hydrogen) atoms. The lowest BCUT2D eigenvalue weighted by Crippen LogP contribution is -2.41. The molecule has 4 rings (SSSR count). The number of carbonyl (C=O) groups is 1. The van der Waals surface area contributed by atoms with Gasteiger partial charge in [-0.2, -0.15) is 4.31 Å². The lowest BCUT2D eigenvalue weighted by Gasteiger charge is -2.30. The molecule has 9 heteroatoms. The molecule has 1 amide bonds. The molecule has 0 saturated carbocycles. The van der Waals surface area contributed by atoms with Crippen LogP contribution in [0.15, 0.2) is 69.8 Å². The highest BCUT2D eigenvalue weighted by atomic mass is 32.2. The molecule has 0 unspecified atom stereocenters. The van der Waals surface area contributed by atoms with Crippen LogP contribution in [0.25, 0.3) is 11.3 Å². The number of amides is 1. The maximum atomic E-state index is 12.9. The number of nitrogens with zero attached hydrogens (tertiary/aromatic N) is 2. The van der Waals surface area contributed by atoms with Crippen LogP contribution in [0.2, 0.25) is 0 Å². The third-order valence-corrected chi connectivity index (χ3v) is 8.74. The fraction of sp³-hybridized carbons (Fsp3) is 0.273. The van der Waals surface area contributed by atoms with Crippen molar-refractivity contribution in [1.29, 1.82) is 0 Å². The number of carbonyl (C=O) groups excluding carboxylic acids is 1. The Morgan fingerprint density at radius 1 is 1.10 bits per heavy atom. The van der Waals surface area contributed by atoms with Crippen LogP contribution in [0.4, 0.5) is 5.13 Å². The van der Waals surface area contributed by atoms with Gasteiger partial charge in [0.05, 0.1) is 10.6 Å². The molecule has 6 nitrogen and oxygen atoms in total. The Balaban J connectivity index is 1.35. The fourth-order valence-corrected chi connectivity index (χ4v) is 6.14. The van der Waals surface area contributed by atoms with Crippen molar-refractivity contribution in [1.82, 2.24) is 9.29 Å². The van der Waals surface area contributed by atoms with Crippen LogP contribution < -0.4 is 5.32 Å². The normalized spacial score (nSPS) is 15.6. The number of thioether (sulfide) groups is 1. The summed E-state index contributed by atoms with van der Waals surface area (Å²) < 4.78 is 27.3. The molecule has 1 saturated heterocycles. The number of thiazole rings is 1. The molecule has 0 bridgehead atoms. The molecule has 2 aromatic carbocycles. The van der Waals surface area contributed by atoms with Crippen molar-refractivity contribution in [3.05, 3.63) is 60.0 Å². The van der Waals surface area contributed by atoms with E-state index in [0.717, 1.165) is 16.2 Å². The van der Waals surface area contributed by atoms with E-state index in [1.807, 2.05) is 54.1 Å². The van der Waals surface area contributed by atoms with Crippen molar-refractivity contribution in [2.75, 3.05) is 24.7 Å². The molecule has 0 aliphatic carbocycles. The van der Waals surface area contributed by atoms with E-state index in [9.17, 15) is 13.2 Å². The van der Waals surface area contributed by atoms with Crippen LogP contribution in [0, 0.1) is 5.92 Å². The highest BCUT2D eigenvalue weighted by Crippen LogP contribution is 2.28. The predicted molar refractivity (Wildman–Crippen MR) is 126 cm³/mol. The number of aromatic nitrogens is 1. The molecule has 1 fully saturated rings. The van der Waals surface area contributed by atoms with E-state index in [1.54, 1.807) is 23.9 Å². The van der Waals surface area contributed by atoms with E-state index in [1.165, 1.54) is 15.6 Å². The van der Waals surface area contributed by atoms with Crippen LogP contribution in [0.1, 0.15) is 12.8 Å². The van der Waals surface area contributed by atoms with Crippen molar-refractivity contribution in [3.8, 4) is 11.3 Å². The van der Waals surface area contributed by atoms with Gasteiger partial charge in [0.25, 0.3) is 0 Å². The Labute approximate surface area is 190 Å². The molecule has 1 N–H and O–H groups in total. The lowest BCUT2D eigenvalue weighted by atomic mass is 9.97. The largest absolute Gasteiger partial charge is 0.302 e. The number of benzene rings is 2. The molecule has 1 aliphatic rings. The van der Waals surface area contributed by atoms with Crippen LogP contribution in [-0.4, -0.2) is 43.0 Å². The van der Waals surface area contributed by atoms with Gasteiger partial charge < -0.3 is 5.32 Å². The highest BCUT2D eigenvalue weighted by Gasteiger charge is 2.32. The van der Waals surface area contributed by atoms with Crippen molar-refractivity contribution >= 4 is 44.2 Å². The highest BCUT2D eigenvalue weighted by molar-refractivity contribution is 7.98. The lowest BCUT2D eigenvalue weighted by molar-refractivity contribution is -0.120. The summed E-state index contributed by atoms with van der Waals surface area (Å²) in [5.41, 5.74) is 1.83. The summed E-state index contributed by atoms with van der Waals surface area (Å²) in [6, 6.07) is 16.7. The maximum Gasteiger partial charge on any atom is 0.243 e. The Morgan fingerprint density at radius 3 is 2.42 bits per heavy atom. The van der Waals surface area contributed by atoms with Gasteiger partial charge in [-0.05, 0) is 43.4 Å². The van der Waals surface area contributed by atoms with Gasteiger partial charge in [0, 0.05) is 34.8 Å². The average Bonchev–Trinajstić information content (AvgIpc) is 3.28. The number of hydrogen-bond acceptors (Lipinski definition) is 6. The Kier molecular flexibility index (Phi) is 6.76. The van der Waals surface area contributed by atoms with E-state index in [-0.39, 0.29) is 11.8 Å². The van der Waals surface area contributed by atoms with E-state index in [2.05, 4.69) is 10.3 Å². The van der Waals surface area contributed by atoms with Crippen LogP contribution in [-0.2, 0) is 14.8 Å². The number of nitrogens with one attached hydrogen (secondary N) is 1. The molecule has 1 aliphatic heterocycles. The van der Waals surface area contributed by atoms with E-state index >= 15 is 0 Å². The van der Waals surface area contributed by atoms with Gasteiger partial charge in [-0.1, -0.05) is 30.3 Å². The van der Waals surface area contributed by atoms with Crippen LogP contribution in [0.5, 0.6) is 0 Å². The molecule has 1 aromatic heterocycles. The number of hydrogen-bond donors (Lipinski definition) is 1. The Hall–Kier alpha value is -2.20. The standard InChI is InChI=1S/C22H23N3O3S3/c1-29-18-7-9-19(10-8-18)31(27,28)25-13-11-17(12-14-25)21(26)24-22-23-20(15-30-22)16-5-3-2-4-6-16/h2-10,15,17H,11-14H2,1H3,(H,23,24,26). The zero-order valence-corrected chi connectivity index (χ0v) is 19.5. The molecule has 2 heterocycles. The second kappa shape index (κ2) is 9.52. The first-order valence-corrected chi connectivity index (χ1v) is 13.5. The molecule has 162 valence electrons. The molecule has 0 spiro atoms. The van der Waals surface area contributed by atoms with Gasteiger partial charge in [0.15, 0.2) is 5.13 Å². The third kappa shape index (κ3) is 5.01. The van der Waals surface area contributed by atoms with Gasteiger partial charge in [-0.3, -0.25) is 4.79 Å². The minimum Gasteiger partial charge on any atom is -0.302 e. The zero-order chi connectivity index (χ0) is 21.8. The summed E-state index contributed by atoms with van der Waals surface area (Å²) in [6.07, 6.45) is 2.93. The second-order valence-corrected chi connectivity index (χ2v) is 10.9. The summed E-state index contributed by atoms with van der Waals surface area (Å²) in [5.74, 6) is -0.329. The van der Waals surface area contributed by atoms with Crippen molar-refractivity contribution < 1.29 is 13.2 Å². The molecular weight excluding hydrogens is 450 g/mol. The smallest absolute Gasteiger partial charge is 0.243 e. The molecule has 3 aromatic rings. The minimum atomic E-state index is -3.54. The minimum absolute atomic E-state index is 0.102.